The summed E-state index contributed by atoms with van der Waals surface area (Å²) < 4.78 is 0. The maximum Gasteiger partial charge on any atom is 0.0540 e. The molecule has 0 aliphatic carbocycles. The molecule has 0 fully saturated rings. The van der Waals surface area contributed by atoms with Crippen LogP contribution in [0, 0.1) is 11.8 Å². The summed E-state index contributed by atoms with van der Waals surface area (Å²) >= 11 is 1.77. The molecule has 0 bridgehead atoms. The minimum Gasteiger partial charge on any atom is -0.395 e. The van der Waals surface area contributed by atoms with Gasteiger partial charge in [-0.1, -0.05) is 18.8 Å². The Hall–Kier alpha value is -0.860. The molecule has 1 atom stereocenters. The van der Waals surface area contributed by atoms with E-state index in [2.05, 4.69) is 61.0 Å². The minimum atomic E-state index is 0.132. The first-order valence-corrected chi connectivity index (χ1v) is 8.01. The lowest BCUT2D eigenvalue weighted by atomic mass is 10.2. The molecular weight excluding hydrogens is 268 g/mol. The van der Waals surface area contributed by atoms with Gasteiger partial charge in [0.05, 0.1) is 6.61 Å². The Bertz CT molecular complexity index is 445. The standard InChI is InChI=1S/C16H26N2OS/c1-5-18(14(2)12-17(3)4)13-16-15(9-11-20-16)8-6-7-10-19/h9,11,14,19H,5,7,10,12-13H2,1-4H3. The number of likely N-dealkylation sites (N-methyl/N-ethyl adjacent to an activating group) is 2. The van der Waals surface area contributed by atoms with Crippen molar-refractivity contribution in [3.63, 3.8) is 0 Å². The second-order valence-corrected chi connectivity index (χ2v) is 6.21. The van der Waals surface area contributed by atoms with E-state index >= 15 is 0 Å². The normalized spacial score (nSPS) is 12.6. The highest BCUT2D eigenvalue weighted by Crippen LogP contribution is 2.19. The number of aliphatic hydroxyl groups excluding tert-OH is 1. The van der Waals surface area contributed by atoms with Crippen molar-refractivity contribution < 1.29 is 5.11 Å². The van der Waals surface area contributed by atoms with E-state index in [9.17, 15) is 0 Å². The molecule has 1 heterocycles. The first-order chi connectivity index (χ1) is 9.58. The van der Waals surface area contributed by atoms with Crippen LogP contribution in [0.5, 0.6) is 0 Å². The largest absolute Gasteiger partial charge is 0.395 e. The van der Waals surface area contributed by atoms with Gasteiger partial charge in [0.15, 0.2) is 0 Å². The van der Waals surface area contributed by atoms with Crippen LogP contribution in [0.2, 0.25) is 0 Å². The van der Waals surface area contributed by atoms with Gasteiger partial charge in [0, 0.05) is 36.0 Å². The predicted molar refractivity (Wildman–Crippen MR) is 87.0 cm³/mol. The highest BCUT2D eigenvalue weighted by Gasteiger charge is 2.15. The van der Waals surface area contributed by atoms with Crippen molar-refractivity contribution >= 4 is 11.3 Å². The molecule has 0 saturated carbocycles. The zero-order chi connectivity index (χ0) is 15.0. The Labute approximate surface area is 127 Å². The summed E-state index contributed by atoms with van der Waals surface area (Å²) in [6.07, 6.45) is 0.545. The highest BCUT2D eigenvalue weighted by atomic mass is 32.1. The van der Waals surface area contributed by atoms with Crippen LogP contribution in [0.3, 0.4) is 0 Å². The third-order valence-electron chi connectivity index (χ3n) is 3.21. The lowest BCUT2D eigenvalue weighted by Gasteiger charge is -2.29. The number of hydrogen-bond donors (Lipinski definition) is 1. The van der Waals surface area contributed by atoms with Crippen LogP contribution >= 0.6 is 11.3 Å². The van der Waals surface area contributed by atoms with Crippen LogP contribution < -0.4 is 0 Å². The molecule has 0 aliphatic rings. The fraction of sp³-hybridized carbons (Fsp3) is 0.625. The first-order valence-electron chi connectivity index (χ1n) is 7.13. The molecule has 1 unspecified atom stereocenters. The van der Waals surface area contributed by atoms with E-state index in [1.807, 2.05) is 0 Å². The second-order valence-electron chi connectivity index (χ2n) is 5.21. The average molecular weight is 294 g/mol. The van der Waals surface area contributed by atoms with E-state index in [4.69, 9.17) is 5.11 Å². The molecule has 0 aromatic carbocycles. The third kappa shape index (κ3) is 5.64. The summed E-state index contributed by atoms with van der Waals surface area (Å²) in [5, 5.41) is 10.9. The summed E-state index contributed by atoms with van der Waals surface area (Å²) in [6, 6.07) is 2.60. The van der Waals surface area contributed by atoms with Crippen molar-refractivity contribution in [1.29, 1.82) is 0 Å². The van der Waals surface area contributed by atoms with Crippen molar-refractivity contribution in [2.45, 2.75) is 32.9 Å². The van der Waals surface area contributed by atoms with Gasteiger partial charge in [0.2, 0.25) is 0 Å². The Morgan fingerprint density at radius 1 is 1.40 bits per heavy atom. The van der Waals surface area contributed by atoms with E-state index < -0.39 is 0 Å². The molecule has 1 aromatic rings. The van der Waals surface area contributed by atoms with Gasteiger partial charge < -0.3 is 10.0 Å². The lowest BCUT2D eigenvalue weighted by Crippen LogP contribution is -2.39. The minimum absolute atomic E-state index is 0.132. The maximum absolute atomic E-state index is 8.79. The summed E-state index contributed by atoms with van der Waals surface area (Å²) in [6.45, 7) is 7.66. The fourth-order valence-electron chi connectivity index (χ4n) is 2.20. The molecule has 20 heavy (non-hydrogen) atoms. The van der Waals surface area contributed by atoms with Gasteiger partial charge in [-0.3, -0.25) is 4.90 Å². The van der Waals surface area contributed by atoms with Crippen molar-refractivity contribution in [3.05, 3.63) is 21.9 Å². The molecule has 0 amide bonds. The molecule has 0 saturated heterocycles. The lowest BCUT2D eigenvalue weighted by molar-refractivity contribution is 0.175. The van der Waals surface area contributed by atoms with Gasteiger partial charge in [-0.05, 0) is 39.0 Å². The second kappa shape index (κ2) is 9.15. The molecule has 0 aliphatic heterocycles. The predicted octanol–water partition coefficient (Wildman–Crippen LogP) is 2.25. The SMILES string of the molecule is CCN(Cc1sccc1C#CCCO)C(C)CN(C)C. The Morgan fingerprint density at radius 3 is 2.75 bits per heavy atom. The van der Waals surface area contributed by atoms with E-state index in [0.717, 1.165) is 25.2 Å². The van der Waals surface area contributed by atoms with Gasteiger partial charge in [0.1, 0.15) is 0 Å². The summed E-state index contributed by atoms with van der Waals surface area (Å²) in [5.74, 6) is 6.18. The molecule has 3 nitrogen and oxygen atoms in total. The van der Waals surface area contributed by atoms with Crippen LogP contribution in [-0.4, -0.2) is 54.7 Å². The summed E-state index contributed by atoms with van der Waals surface area (Å²) in [5.41, 5.74) is 1.11. The third-order valence-corrected chi connectivity index (χ3v) is 4.12. The Morgan fingerprint density at radius 2 is 2.15 bits per heavy atom. The smallest absolute Gasteiger partial charge is 0.0540 e. The molecule has 1 rings (SSSR count). The number of thiophene rings is 1. The summed E-state index contributed by atoms with van der Waals surface area (Å²) in [7, 11) is 4.22. The molecule has 0 spiro atoms. The highest BCUT2D eigenvalue weighted by molar-refractivity contribution is 7.10. The van der Waals surface area contributed by atoms with Crippen molar-refractivity contribution in [1.82, 2.24) is 9.80 Å². The van der Waals surface area contributed by atoms with Crippen LogP contribution in [-0.2, 0) is 6.54 Å². The zero-order valence-corrected chi connectivity index (χ0v) is 13.8. The van der Waals surface area contributed by atoms with Gasteiger partial charge in [0.25, 0.3) is 0 Å². The number of aliphatic hydroxyl groups is 1. The van der Waals surface area contributed by atoms with Crippen LogP contribution in [0.4, 0.5) is 0 Å². The number of nitrogens with zero attached hydrogens (tertiary/aromatic N) is 2. The van der Waals surface area contributed by atoms with Gasteiger partial charge in [-0.2, -0.15) is 0 Å². The Kier molecular flexibility index (Phi) is 7.86. The molecule has 1 aromatic heterocycles. The van der Waals surface area contributed by atoms with Crippen LogP contribution in [0.15, 0.2) is 11.4 Å². The monoisotopic (exact) mass is 294 g/mol. The van der Waals surface area contributed by atoms with Crippen LogP contribution in [0.25, 0.3) is 0 Å². The van der Waals surface area contributed by atoms with Crippen molar-refractivity contribution in [3.8, 4) is 11.8 Å². The average Bonchev–Trinajstić information content (AvgIpc) is 2.82. The molecule has 112 valence electrons. The van der Waals surface area contributed by atoms with Gasteiger partial charge >= 0.3 is 0 Å². The first kappa shape index (κ1) is 17.2. The van der Waals surface area contributed by atoms with Crippen molar-refractivity contribution in [2.75, 3.05) is 33.8 Å². The van der Waals surface area contributed by atoms with E-state index in [1.165, 1.54) is 4.88 Å². The Balaban J connectivity index is 2.71. The molecule has 0 radical (unpaired) electrons. The zero-order valence-electron chi connectivity index (χ0n) is 13.0. The van der Waals surface area contributed by atoms with Gasteiger partial charge in [-0.15, -0.1) is 11.3 Å². The molecular formula is C16H26N2OS. The molecule has 4 heteroatoms. The quantitative estimate of drug-likeness (QED) is 0.782. The number of hydrogen-bond acceptors (Lipinski definition) is 4. The maximum atomic E-state index is 8.79. The van der Waals surface area contributed by atoms with E-state index in [1.54, 1.807) is 11.3 Å². The molecule has 1 N–H and O–H groups in total. The van der Waals surface area contributed by atoms with E-state index in [0.29, 0.717) is 12.5 Å². The van der Waals surface area contributed by atoms with Crippen molar-refractivity contribution in [2.24, 2.45) is 0 Å². The van der Waals surface area contributed by atoms with Gasteiger partial charge in [-0.25, -0.2) is 0 Å². The summed E-state index contributed by atoms with van der Waals surface area (Å²) in [4.78, 5) is 6.02. The topological polar surface area (TPSA) is 26.7 Å². The van der Waals surface area contributed by atoms with Crippen LogP contribution in [0.1, 0.15) is 30.7 Å². The number of rotatable bonds is 7. The van der Waals surface area contributed by atoms with E-state index in [-0.39, 0.29) is 6.61 Å². The fourth-order valence-corrected chi connectivity index (χ4v) is 3.05.